The van der Waals surface area contributed by atoms with Gasteiger partial charge in [-0.15, -0.1) is 0 Å². The average Bonchev–Trinajstić information content (AvgIpc) is 2.53. The number of carboxylic acid groups (broad SMARTS) is 1. The molecule has 0 spiro atoms. The number of hydrogen-bond acceptors (Lipinski definition) is 4. The van der Waals surface area contributed by atoms with Crippen LogP contribution in [0.4, 0.5) is 0 Å². The lowest BCUT2D eigenvalue weighted by Gasteiger charge is -2.35. The van der Waals surface area contributed by atoms with E-state index in [9.17, 15) is 13.2 Å². The van der Waals surface area contributed by atoms with Crippen molar-refractivity contribution in [1.29, 1.82) is 0 Å². The molecule has 128 valence electrons. The van der Waals surface area contributed by atoms with Crippen LogP contribution in [-0.4, -0.2) is 43.0 Å². The monoisotopic (exact) mass is 341 g/mol. The summed E-state index contributed by atoms with van der Waals surface area (Å²) < 4.78 is 32.3. The van der Waals surface area contributed by atoms with E-state index in [0.717, 1.165) is 6.42 Å². The van der Waals surface area contributed by atoms with Gasteiger partial charge in [-0.3, -0.25) is 4.79 Å². The Balaban J connectivity index is 2.20. The summed E-state index contributed by atoms with van der Waals surface area (Å²) in [6.07, 6.45) is 1.93. The van der Waals surface area contributed by atoms with Gasteiger partial charge in [-0.05, 0) is 50.5 Å². The SMILES string of the molecule is CCCOc1ccc(S(=O)(=O)N2CC(C(=O)O)CCC2C)cc1. The Hall–Kier alpha value is -1.60. The molecule has 0 aromatic heterocycles. The van der Waals surface area contributed by atoms with Crippen molar-refractivity contribution in [2.24, 2.45) is 5.92 Å². The average molecular weight is 341 g/mol. The number of aliphatic carboxylic acids is 1. The second-order valence-electron chi connectivity index (χ2n) is 5.86. The van der Waals surface area contributed by atoms with Gasteiger partial charge < -0.3 is 9.84 Å². The number of benzene rings is 1. The van der Waals surface area contributed by atoms with Crippen LogP contribution in [0.15, 0.2) is 29.2 Å². The summed E-state index contributed by atoms with van der Waals surface area (Å²) in [7, 11) is -3.70. The number of ether oxygens (including phenoxy) is 1. The lowest BCUT2D eigenvalue weighted by Crippen LogP contribution is -2.47. The molecule has 1 fully saturated rings. The molecule has 0 saturated carbocycles. The highest BCUT2D eigenvalue weighted by atomic mass is 32.2. The molecule has 23 heavy (non-hydrogen) atoms. The molecule has 0 aliphatic carbocycles. The van der Waals surface area contributed by atoms with Gasteiger partial charge >= 0.3 is 5.97 Å². The standard InChI is InChI=1S/C16H23NO5S/c1-3-10-22-14-6-8-15(9-7-14)23(20,21)17-11-13(16(18)19)5-4-12(17)2/h6-9,12-13H,3-5,10-11H2,1-2H3,(H,18,19). The Labute approximate surface area is 137 Å². The van der Waals surface area contributed by atoms with Crippen molar-refractivity contribution >= 4 is 16.0 Å². The molecule has 1 aliphatic heterocycles. The Morgan fingerprint density at radius 3 is 2.52 bits per heavy atom. The molecule has 2 rings (SSSR count). The van der Waals surface area contributed by atoms with Crippen molar-refractivity contribution in [3.05, 3.63) is 24.3 Å². The minimum Gasteiger partial charge on any atom is -0.494 e. The molecule has 2 atom stereocenters. The van der Waals surface area contributed by atoms with Gasteiger partial charge in [-0.2, -0.15) is 4.31 Å². The van der Waals surface area contributed by atoms with Crippen LogP contribution >= 0.6 is 0 Å². The minimum atomic E-state index is -3.70. The van der Waals surface area contributed by atoms with Crippen molar-refractivity contribution in [3.8, 4) is 5.75 Å². The Morgan fingerprint density at radius 1 is 1.30 bits per heavy atom. The first-order valence-electron chi connectivity index (χ1n) is 7.83. The van der Waals surface area contributed by atoms with Gasteiger partial charge in [0.25, 0.3) is 0 Å². The molecule has 0 bridgehead atoms. The highest BCUT2D eigenvalue weighted by Crippen LogP contribution is 2.29. The first-order chi connectivity index (χ1) is 10.9. The van der Waals surface area contributed by atoms with Crippen LogP contribution in [0.5, 0.6) is 5.75 Å². The highest BCUT2D eigenvalue weighted by Gasteiger charge is 2.37. The maximum Gasteiger partial charge on any atom is 0.307 e. The zero-order valence-corrected chi connectivity index (χ0v) is 14.3. The number of sulfonamides is 1. The first kappa shape index (κ1) is 17.7. The van der Waals surface area contributed by atoms with E-state index in [1.807, 2.05) is 13.8 Å². The van der Waals surface area contributed by atoms with Crippen LogP contribution in [0.3, 0.4) is 0 Å². The fourth-order valence-electron chi connectivity index (χ4n) is 2.67. The van der Waals surface area contributed by atoms with E-state index in [-0.39, 0.29) is 17.5 Å². The predicted molar refractivity (Wildman–Crippen MR) is 85.9 cm³/mol. The summed E-state index contributed by atoms with van der Waals surface area (Å²) in [6, 6.07) is 6.08. The maximum absolute atomic E-state index is 12.8. The van der Waals surface area contributed by atoms with Crippen LogP contribution in [0.1, 0.15) is 33.1 Å². The molecular weight excluding hydrogens is 318 g/mol. The van der Waals surface area contributed by atoms with Crippen LogP contribution < -0.4 is 4.74 Å². The largest absolute Gasteiger partial charge is 0.494 e. The summed E-state index contributed by atoms with van der Waals surface area (Å²) in [5.41, 5.74) is 0. The summed E-state index contributed by atoms with van der Waals surface area (Å²) in [5, 5.41) is 9.16. The molecule has 1 N–H and O–H groups in total. The summed E-state index contributed by atoms with van der Waals surface area (Å²) in [5.74, 6) is -0.963. The van der Waals surface area contributed by atoms with Gasteiger partial charge in [0.05, 0.1) is 17.4 Å². The normalized spacial score (nSPS) is 22.7. The predicted octanol–water partition coefficient (Wildman–Crippen LogP) is 2.35. The summed E-state index contributed by atoms with van der Waals surface area (Å²) in [6.45, 7) is 4.41. The van der Waals surface area contributed by atoms with Crippen molar-refractivity contribution in [1.82, 2.24) is 4.31 Å². The van der Waals surface area contributed by atoms with Gasteiger partial charge in [-0.25, -0.2) is 8.42 Å². The van der Waals surface area contributed by atoms with Crippen molar-refractivity contribution in [2.45, 2.75) is 44.0 Å². The number of nitrogens with zero attached hydrogens (tertiary/aromatic N) is 1. The molecule has 1 saturated heterocycles. The third-order valence-corrected chi connectivity index (χ3v) is 6.07. The van der Waals surface area contributed by atoms with Gasteiger partial charge in [-0.1, -0.05) is 6.92 Å². The van der Waals surface area contributed by atoms with Gasteiger partial charge in [0.15, 0.2) is 0 Å². The smallest absolute Gasteiger partial charge is 0.307 e. The van der Waals surface area contributed by atoms with Gasteiger partial charge in [0, 0.05) is 12.6 Å². The number of carbonyl (C=O) groups is 1. The van der Waals surface area contributed by atoms with Crippen molar-refractivity contribution in [2.75, 3.05) is 13.2 Å². The zero-order chi connectivity index (χ0) is 17.0. The van der Waals surface area contributed by atoms with Crippen molar-refractivity contribution in [3.63, 3.8) is 0 Å². The maximum atomic E-state index is 12.8. The quantitative estimate of drug-likeness (QED) is 0.858. The number of piperidine rings is 1. The first-order valence-corrected chi connectivity index (χ1v) is 9.27. The van der Waals surface area contributed by atoms with E-state index in [1.54, 1.807) is 12.1 Å². The van der Waals surface area contributed by atoms with E-state index in [1.165, 1.54) is 16.4 Å². The third kappa shape index (κ3) is 4.03. The molecule has 7 heteroatoms. The molecule has 1 aromatic rings. The fraction of sp³-hybridized carbons (Fsp3) is 0.562. The molecule has 1 aliphatic rings. The minimum absolute atomic E-state index is 0.0208. The Kier molecular flexibility index (Phi) is 5.64. The molecule has 6 nitrogen and oxygen atoms in total. The van der Waals surface area contributed by atoms with Crippen molar-refractivity contribution < 1.29 is 23.1 Å². The molecular formula is C16H23NO5S. The molecule has 2 unspecified atom stereocenters. The highest BCUT2D eigenvalue weighted by molar-refractivity contribution is 7.89. The van der Waals surface area contributed by atoms with Crippen LogP contribution in [-0.2, 0) is 14.8 Å². The number of carboxylic acids is 1. The fourth-order valence-corrected chi connectivity index (χ4v) is 4.38. The Morgan fingerprint density at radius 2 is 1.96 bits per heavy atom. The van der Waals surface area contributed by atoms with Gasteiger partial charge in [0.2, 0.25) is 10.0 Å². The molecule has 1 heterocycles. The van der Waals surface area contributed by atoms with E-state index in [2.05, 4.69) is 0 Å². The summed E-state index contributed by atoms with van der Waals surface area (Å²) >= 11 is 0. The topological polar surface area (TPSA) is 83.9 Å². The lowest BCUT2D eigenvalue weighted by molar-refractivity contribution is -0.143. The Bertz CT molecular complexity index is 641. The number of rotatable bonds is 6. The van der Waals surface area contributed by atoms with E-state index >= 15 is 0 Å². The third-order valence-electron chi connectivity index (χ3n) is 4.08. The molecule has 0 radical (unpaired) electrons. The lowest BCUT2D eigenvalue weighted by atomic mass is 9.96. The van der Waals surface area contributed by atoms with Crippen LogP contribution in [0.2, 0.25) is 0 Å². The van der Waals surface area contributed by atoms with E-state index in [4.69, 9.17) is 9.84 Å². The second-order valence-corrected chi connectivity index (χ2v) is 7.75. The molecule has 0 amide bonds. The van der Waals surface area contributed by atoms with Crippen LogP contribution in [0.25, 0.3) is 0 Å². The van der Waals surface area contributed by atoms with E-state index < -0.39 is 21.9 Å². The van der Waals surface area contributed by atoms with Crippen LogP contribution in [0, 0.1) is 5.92 Å². The summed E-state index contributed by atoms with van der Waals surface area (Å²) in [4.78, 5) is 11.3. The number of hydrogen-bond donors (Lipinski definition) is 1. The van der Waals surface area contributed by atoms with E-state index in [0.29, 0.717) is 25.2 Å². The van der Waals surface area contributed by atoms with Gasteiger partial charge in [0.1, 0.15) is 5.75 Å². The molecule has 1 aromatic carbocycles. The second kappa shape index (κ2) is 7.31. The zero-order valence-electron chi connectivity index (χ0n) is 13.4.